The summed E-state index contributed by atoms with van der Waals surface area (Å²) in [5, 5.41) is 4.27. The predicted octanol–water partition coefficient (Wildman–Crippen LogP) is 3.45. The lowest BCUT2D eigenvalue weighted by Crippen LogP contribution is -2.13. The van der Waals surface area contributed by atoms with Gasteiger partial charge in [-0.15, -0.1) is 0 Å². The summed E-state index contributed by atoms with van der Waals surface area (Å²) in [6.45, 7) is 0. The van der Waals surface area contributed by atoms with Gasteiger partial charge in [0.05, 0.1) is 12.6 Å². The second-order valence-electron chi connectivity index (χ2n) is 5.14. The Bertz CT molecular complexity index is 784. The number of benzene rings is 2. The summed E-state index contributed by atoms with van der Waals surface area (Å²) >= 11 is 0. The zero-order valence-corrected chi connectivity index (χ0v) is 12.9. The molecular weight excluding hydrogens is 276 g/mol. The van der Waals surface area contributed by atoms with Crippen LogP contribution in [0.4, 0.5) is 17.5 Å². The number of para-hydroxylation sites is 1. The number of rotatable bonds is 4. The molecule has 3 aromatic rings. The van der Waals surface area contributed by atoms with Gasteiger partial charge in [0, 0.05) is 25.2 Å². The summed E-state index contributed by atoms with van der Waals surface area (Å²) in [6.07, 6.45) is 0. The van der Waals surface area contributed by atoms with Gasteiger partial charge in [0.15, 0.2) is 0 Å². The second kappa shape index (κ2) is 5.89. The third-order valence-electron chi connectivity index (χ3n) is 3.35. The molecule has 5 nitrogen and oxygen atoms in total. The predicted molar refractivity (Wildman–Crippen MR) is 90.1 cm³/mol. The van der Waals surface area contributed by atoms with Gasteiger partial charge in [0.25, 0.3) is 0 Å². The molecule has 0 aliphatic heterocycles. The highest BCUT2D eigenvalue weighted by Gasteiger charge is 2.09. The molecule has 1 N–H and O–H groups in total. The molecule has 0 bridgehead atoms. The van der Waals surface area contributed by atoms with Crippen LogP contribution in [0.5, 0.6) is 5.75 Å². The molecule has 1 heterocycles. The molecule has 0 spiro atoms. The average Bonchev–Trinajstić information content (AvgIpc) is 2.54. The van der Waals surface area contributed by atoms with Crippen molar-refractivity contribution >= 4 is 28.4 Å². The summed E-state index contributed by atoms with van der Waals surface area (Å²) in [6, 6.07) is 15.7. The van der Waals surface area contributed by atoms with E-state index in [4.69, 9.17) is 4.74 Å². The zero-order chi connectivity index (χ0) is 15.5. The number of aromatic nitrogens is 2. The van der Waals surface area contributed by atoms with Crippen molar-refractivity contribution in [2.45, 2.75) is 0 Å². The van der Waals surface area contributed by atoms with E-state index < -0.39 is 0 Å². The number of hydrogen-bond donors (Lipinski definition) is 1. The normalized spacial score (nSPS) is 10.5. The van der Waals surface area contributed by atoms with Crippen LogP contribution in [0.25, 0.3) is 10.9 Å². The van der Waals surface area contributed by atoms with Crippen molar-refractivity contribution in [2.24, 2.45) is 0 Å². The van der Waals surface area contributed by atoms with Crippen molar-refractivity contribution in [1.29, 1.82) is 0 Å². The van der Waals surface area contributed by atoms with Gasteiger partial charge in [-0.25, -0.2) is 4.98 Å². The van der Waals surface area contributed by atoms with Crippen LogP contribution in [0.2, 0.25) is 0 Å². The quantitative estimate of drug-likeness (QED) is 0.798. The van der Waals surface area contributed by atoms with Crippen molar-refractivity contribution in [2.75, 3.05) is 31.4 Å². The van der Waals surface area contributed by atoms with Gasteiger partial charge in [-0.3, -0.25) is 0 Å². The molecule has 2 aromatic carbocycles. The third-order valence-corrected chi connectivity index (χ3v) is 3.35. The van der Waals surface area contributed by atoms with Crippen LogP contribution < -0.4 is 15.0 Å². The molecule has 0 fully saturated rings. The van der Waals surface area contributed by atoms with E-state index in [1.54, 1.807) is 7.11 Å². The first kappa shape index (κ1) is 14.1. The average molecular weight is 294 g/mol. The summed E-state index contributed by atoms with van der Waals surface area (Å²) in [7, 11) is 5.61. The molecule has 112 valence electrons. The van der Waals surface area contributed by atoms with E-state index in [-0.39, 0.29) is 0 Å². The Morgan fingerprint density at radius 2 is 1.68 bits per heavy atom. The molecule has 5 heteroatoms. The van der Waals surface area contributed by atoms with Crippen LogP contribution in [0, 0.1) is 0 Å². The van der Waals surface area contributed by atoms with E-state index in [1.807, 2.05) is 67.5 Å². The van der Waals surface area contributed by atoms with Crippen LogP contribution >= 0.6 is 0 Å². The zero-order valence-electron chi connectivity index (χ0n) is 12.9. The Morgan fingerprint density at radius 1 is 0.955 bits per heavy atom. The van der Waals surface area contributed by atoms with Crippen LogP contribution in [0.3, 0.4) is 0 Å². The fourth-order valence-corrected chi connectivity index (χ4v) is 2.26. The summed E-state index contributed by atoms with van der Waals surface area (Å²) in [5.74, 6) is 2.29. The van der Waals surface area contributed by atoms with Crippen molar-refractivity contribution in [3.05, 3.63) is 48.5 Å². The Balaban J connectivity index is 1.99. The van der Waals surface area contributed by atoms with Crippen molar-refractivity contribution < 1.29 is 4.74 Å². The van der Waals surface area contributed by atoms with Crippen molar-refractivity contribution in [3.63, 3.8) is 0 Å². The monoisotopic (exact) mass is 294 g/mol. The molecule has 0 amide bonds. The second-order valence-corrected chi connectivity index (χ2v) is 5.14. The summed E-state index contributed by atoms with van der Waals surface area (Å²) in [5.41, 5.74) is 1.83. The minimum absolute atomic E-state index is 0.576. The highest BCUT2D eigenvalue weighted by molar-refractivity contribution is 5.90. The Kier molecular flexibility index (Phi) is 3.78. The SMILES string of the molecule is COc1ccc(Nc2nc(N(C)C)c3ccccc3n2)cc1. The lowest BCUT2D eigenvalue weighted by atomic mass is 10.2. The Hall–Kier alpha value is -2.82. The molecular formula is C17H18N4O. The molecule has 0 atom stereocenters. The molecule has 0 aliphatic carbocycles. The van der Waals surface area contributed by atoms with Crippen LogP contribution in [-0.2, 0) is 0 Å². The van der Waals surface area contributed by atoms with Crippen LogP contribution in [-0.4, -0.2) is 31.2 Å². The molecule has 0 aliphatic rings. The number of ether oxygens (including phenoxy) is 1. The van der Waals surface area contributed by atoms with Gasteiger partial charge >= 0.3 is 0 Å². The molecule has 1 aromatic heterocycles. The fraction of sp³-hybridized carbons (Fsp3) is 0.176. The van der Waals surface area contributed by atoms with E-state index in [9.17, 15) is 0 Å². The van der Waals surface area contributed by atoms with Crippen LogP contribution in [0.1, 0.15) is 0 Å². The smallest absolute Gasteiger partial charge is 0.229 e. The number of anilines is 3. The van der Waals surface area contributed by atoms with Gasteiger partial charge in [-0.2, -0.15) is 4.98 Å². The maximum Gasteiger partial charge on any atom is 0.229 e. The van der Waals surface area contributed by atoms with Gasteiger partial charge in [0.1, 0.15) is 11.6 Å². The Morgan fingerprint density at radius 3 is 2.36 bits per heavy atom. The Labute approximate surface area is 129 Å². The van der Waals surface area contributed by atoms with Gasteiger partial charge in [-0.05, 0) is 36.4 Å². The largest absolute Gasteiger partial charge is 0.497 e. The lowest BCUT2D eigenvalue weighted by molar-refractivity contribution is 0.415. The highest BCUT2D eigenvalue weighted by atomic mass is 16.5. The van der Waals surface area contributed by atoms with Crippen LogP contribution in [0.15, 0.2) is 48.5 Å². The molecule has 0 saturated carbocycles. The number of nitrogens with one attached hydrogen (secondary N) is 1. The molecule has 0 unspecified atom stereocenters. The molecule has 0 saturated heterocycles. The topological polar surface area (TPSA) is 50.3 Å². The number of methoxy groups -OCH3 is 1. The maximum absolute atomic E-state index is 5.16. The van der Waals surface area contributed by atoms with Crippen molar-refractivity contribution in [1.82, 2.24) is 9.97 Å². The minimum atomic E-state index is 0.576. The van der Waals surface area contributed by atoms with E-state index in [2.05, 4.69) is 15.3 Å². The van der Waals surface area contributed by atoms with E-state index in [1.165, 1.54) is 0 Å². The van der Waals surface area contributed by atoms with Gasteiger partial charge in [0.2, 0.25) is 5.95 Å². The summed E-state index contributed by atoms with van der Waals surface area (Å²) < 4.78 is 5.16. The first-order valence-electron chi connectivity index (χ1n) is 7.02. The number of fused-ring (bicyclic) bond motifs is 1. The standard InChI is InChI=1S/C17H18N4O/c1-21(2)16-14-6-4-5-7-15(14)19-17(20-16)18-12-8-10-13(22-3)11-9-12/h4-11H,1-3H3,(H,18,19,20). The first-order chi connectivity index (χ1) is 10.7. The molecule has 22 heavy (non-hydrogen) atoms. The van der Waals surface area contributed by atoms with E-state index in [0.29, 0.717) is 5.95 Å². The maximum atomic E-state index is 5.16. The fourth-order valence-electron chi connectivity index (χ4n) is 2.26. The lowest BCUT2D eigenvalue weighted by Gasteiger charge is -2.16. The first-order valence-corrected chi connectivity index (χ1v) is 7.02. The van der Waals surface area contributed by atoms with Crippen molar-refractivity contribution in [3.8, 4) is 5.75 Å². The van der Waals surface area contributed by atoms with Gasteiger partial charge in [-0.1, -0.05) is 12.1 Å². The van der Waals surface area contributed by atoms with Gasteiger partial charge < -0.3 is 15.0 Å². The highest BCUT2D eigenvalue weighted by Crippen LogP contribution is 2.25. The number of nitrogens with zero attached hydrogens (tertiary/aromatic N) is 3. The summed E-state index contributed by atoms with van der Waals surface area (Å²) in [4.78, 5) is 11.2. The molecule has 0 radical (unpaired) electrons. The van der Waals surface area contributed by atoms with E-state index >= 15 is 0 Å². The van der Waals surface area contributed by atoms with E-state index in [0.717, 1.165) is 28.2 Å². The molecule has 3 rings (SSSR count). The minimum Gasteiger partial charge on any atom is -0.497 e. The number of hydrogen-bond acceptors (Lipinski definition) is 5. The third kappa shape index (κ3) is 2.79.